The summed E-state index contributed by atoms with van der Waals surface area (Å²) in [5.41, 5.74) is 4.78. The number of nitrogens with two attached hydrogens (primary N) is 1. The molecule has 2 rings (SSSR count). The van der Waals surface area contributed by atoms with E-state index in [0.717, 1.165) is 25.9 Å². The van der Waals surface area contributed by atoms with Crippen LogP contribution in [0.4, 0.5) is 0 Å². The molecule has 1 heterocycles. The minimum atomic E-state index is -0.745. The van der Waals surface area contributed by atoms with Crippen LogP contribution >= 0.6 is 0 Å². The van der Waals surface area contributed by atoms with E-state index in [4.69, 9.17) is 15.7 Å². The average molecular weight is 241 g/mol. The quantitative estimate of drug-likeness (QED) is 0.277. The summed E-state index contributed by atoms with van der Waals surface area (Å²) >= 11 is 0. The Labute approximate surface area is 100 Å². The van der Waals surface area contributed by atoms with Gasteiger partial charge in [0.05, 0.1) is 6.10 Å². The monoisotopic (exact) mass is 241 g/mol. The lowest BCUT2D eigenvalue weighted by Gasteiger charge is -2.15. The molecule has 6 heteroatoms. The number of nitrogens with one attached hydrogen (secondary N) is 1. The molecule has 0 aromatic heterocycles. The third kappa shape index (κ3) is 2.52. The Balaban J connectivity index is 1.74. The van der Waals surface area contributed by atoms with Crippen molar-refractivity contribution in [2.24, 2.45) is 16.3 Å². The van der Waals surface area contributed by atoms with Gasteiger partial charge >= 0.3 is 0 Å². The van der Waals surface area contributed by atoms with Crippen LogP contribution in [0.3, 0.4) is 0 Å². The van der Waals surface area contributed by atoms with E-state index < -0.39 is 5.41 Å². The summed E-state index contributed by atoms with van der Waals surface area (Å²) in [5.74, 6) is -0.113. The molecule has 1 saturated heterocycles. The molecule has 0 bridgehead atoms. The summed E-state index contributed by atoms with van der Waals surface area (Å²) in [6, 6.07) is 0. The topological polar surface area (TPSA) is 96.9 Å². The standard InChI is InChI=1S/C11H19N3O3/c12-9(14-16)11(4-5-11)10(15)13-6-3-8-2-1-7-17-8/h8,16H,1-7H2,(H2,12,14)(H,13,15). The first kappa shape index (κ1) is 12.2. The van der Waals surface area contributed by atoms with Crippen molar-refractivity contribution in [2.45, 2.75) is 38.2 Å². The maximum absolute atomic E-state index is 11.9. The van der Waals surface area contributed by atoms with Crippen molar-refractivity contribution in [3.63, 3.8) is 0 Å². The van der Waals surface area contributed by atoms with Crippen molar-refractivity contribution in [3.8, 4) is 0 Å². The highest BCUT2D eigenvalue weighted by Gasteiger charge is 2.54. The van der Waals surface area contributed by atoms with E-state index in [0.29, 0.717) is 19.4 Å². The Bertz CT molecular complexity index is 320. The smallest absolute Gasteiger partial charge is 0.233 e. The number of amidine groups is 1. The predicted molar refractivity (Wildman–Crippen MR) is 61.7 cm³/mol. The Morgan fingerprint density at radius 1 is 1.59 bits per heavy atom. The Hall–Kier alpha value is -1.30. The van der Waals surface area contributed by atoms with Crippen molar-refractivity contribution in [1.29, 1.82) is 0 Å². The largest absolute Gasteiger partial charge is 0.409 e. The third-order valence-corrected chi connectivity index (χ3v) is 3.56. The first-order chi connectivity index (χ1) is 8.19. The molecule has 2 fully saturated rings. The van der Waals surface area contributed by atoms with Crippen LogP contribution in [0.1, 0.15) is 32.1 Å². The summed E-state index contributed by atoms with van der Waals surface area (Å²) in [6.07, 6.45) is 4.60. The molecule has 0 aromatic rings. The Kier molecular flexibility index (Phi) is 3.51. The highest BCUT2D eigenvalue weighted by Crippen LogP contribution is 2.45. The van der Waals surface area contributed by atoms with E-state index >= 15 is 0 Å². The molecule has 17 heavy (non-hydrogen) atoms. The van der Waals surface area contributed by atoms with Crippen LogP contribution in [-0.2, 0) is 9.53 Å². The van der Waals surface area contributed by atoms with Gasteiger partial charge in [-0.25, -0.2) is 0 Å². The van der Waals surface area contributed by atoms with Crippen molar-refractivity contribution >= 4 is 11.7 Å². The van der Waals surface area contributed by atoms with Gasteiger partial charge in [-0.2, -0.15) is 0 Å². The molecule has 1 unspecified atom stereocenters. The number of carbonyl (C=O) groups excluding carboxylic acids is 1. The second-order valence-corrected chi connectivity index (χ2v) is 4.75. The molecule has 0 aromatic carbocycles. The number of nitrogens with zero attached hydrogens (tertiary/aromatic N) is 1. The molecule has 1 saturated carbocycles. The van der Waals surface area contributed by atoms with E-state index in [1.165, 1.54) is 0 Å². The molecule has 4 N–H and O–H groups in total. The molecule has 2 aliphatic rings. The summed E-state index contributed by atoms with van der Waals surface area (Å²) in [7, 11) is 0. The maximum atomic E-state index is 11.9. The lowest BCUT2D eigenvalue weighted by molar-refractivity contribution is -0.124. The number of ether oxygens (including phenoxy) is 1. The Morgan fingerprint density at radius 3 is 2.88 bits per heavy atom. The third-order valence-electron chi connectivity index (χ3n) is 3.56. The van der Waals surface area contributed by atoms with Crippen molar-refractivity contribution in [3.05, 3.63) is 0 Å². The predicted octanol–water partition coefficient (Wildman–Crippen LogP) is 0.198. The van der Waals surface area contributed by atoms with Gasteiger partial charge in [0, 0.05) is 13.2 Å². The molecule has 6 nitrogen and oxygen atoms in total. The summed E-state index contributed by atoms with van der Waals surface area (Å²) in [4.78, 5) is 11.9. The highest BCUT2D eigenvalue weighted by atomic mass is 16.5. The molecule has 0 radical (unpaired) electrons. The van der Waals surface area contributed by atoms with Gasteiger partial charge in [0.1, 0.15) is 5.41 Å². The lowest BCUT2D eigenvalue weighted by atomic mass is 10.1. The number of rotatable bonds is 5. The molecule has 96 valence electrons. The number of hydrogen-bond acceptors (Lipinski definition) is 4. The van der Waals surface area contributed by atoms with Gasteiger partial charge in [-0.15, -0.1) is 0 Å². The first-order valence-electron chi connectivity index (χ1n) is 6.07. The maximum Gasteiger partial charge on any atom is 0.233 e. The van der Waals surface area contributed by atoms with Crippen LogP contribution < -0.4 is 11.1 Å². The van der Waals surface area contributed by atoms with Crippen LogP contribution in [0.5, 0.6) is 0 Å². The van der Waals surface area contributed by atoms with Crippen molar-refractivity contribution in [2.75, 3.05) is 13.2 Å². The number of oxime groups is 1. The molecule has 1 aliphatic heterocycles. The zero-order valence-electron chi connectivity index (χ0n) is 9.82. The van der Waals surface area contributed by atoms with Gasteiger partial charge in [-0.1, -0.05) is 5.16 Å². The van der Waals surface area contributed by atoms with Crippen LogP contribution in [0.25, 0.3) is 0 Å². The molecule has 0 spiro atoms. The summed E-state index contributed by atoms with van der Waals surface area (Å²) < 4.78 is 5.46. The van der Waals surface area contributed by atoms with Crippen molar-refractivity contribution < 1.29 is 14.7 Å². The minimum absolute atomic E-state index is 0.0205. The van der Waals surface area contributed by atoms with E-state index in [-0.39, 0.29) is 17.8 Å². The van der Waals surface area contributed by atoms with E-state index in [9.17, 15) is 4.79 Å². The summed E-state index contributed by atoms with van der Waals surface area (Å²) in [6.45, 7) is 1.41. The van der Waals surface area contributed by atoms with Gasteiger partial charge < -0.3 is 21.0 Å². The Morgan fingerprint density at radius 2 is 2.35 bits per heavy atom. The number of amides is 1. The fraction of sp³-hybridized carbons (Fsp3) is 0.818. The first-order valence-corrected chi connectivity index (χ1v) is 6.07. The number of carbonyl (C=O) groups is 1. The van der Waals surface area contributed by atoms with Gasteiger partial charge in [0.25, 0.3) is 0 Å². The van der Waals surface area contributed by atoms with Crippen LogP contribution in [-0.4, -0.2) is 36.2 Å². The normalized spacial score (nSPS) is 26.8. The SMILES string of the molecule is NC(=NO)C1(C(=O)NCCC2CCCO2)CC1. The van der Waals surface area contributed by atoms with Crippen molar-refractivity contribution in [1.82, 2.24) is 5.32 Å². The lowest BCUT2D eigenvalue weighted by Crippen LogP contribution is -2.41. The van der Waals surface area contributed by atoms with E-state index in [2.05, 4.69) is 10.5 Å². The molecule has 1 atom stereocenters. The number of hydrogen-bond donors (Lipinski definition) is 3. The second kappa shape index (κ2) is 4.91. The summed E-state index contributed by atoms with van der Waals surface area (Å²) in [5, 5.41) is 14.4. The zero-order chi connectivity index (χ0) is 12.3. The molecular weight excluding hydrogens is 222 g/mol. The van der Waals surface area contributed by atoms with Crippen LogP contribution in [0, 0.1) is 5.41 Å². The fourth-order valence-electron chi connectivity index (χ4n) is 2.21. The fourth-order valence-corrected chi connectivity index (χ4v) is 2.21. The van der Waals surface area contributed by atoms with Gasteiger partial charge in [-0.3, -0.25) is 4.79 Å². The van der Waals surface area contributed by atoms with Crippen LogP contribution in [0.15, 0.2) is 5.16 Å². The van der Waals surface area contributed by atoms with Gasteiger partial charge in [0.2, 0.25) is 5.91 Å². The zero-order valence-corrected chi connectivity index (χ0v) is 9.82. The molecule has 1 aliphatic carbocycles. The van der Waals surface area contributed by atoms with E-state index in [1.807, 2.05) is 0 Å². The second-order valence-electron chi connectivity index (χ2n) is 4.75. The minimum Gasteiger partial charge on any atom is -0.409 e. The van der Waals surface area contributed by atoms with Gasteiger partial charge in [0.15, 0.2) is 5.84 Å². The van der Waals surface area contributed by atoms with E-state index in [1.54, 1.807) is 0 Å². The molecular formula is C11H19N3O3. The highest BCUT2D eigenvalue weighted by molar-refractivity contribution is 6.09. The average Bonchev–Trinajstić information content (AvgIpc) is 3.00. The molecule has 1 amide bonds. The van der Waals surface area contributed by atoms with Crippen LogP contribution in [0.2, 0.25) is 0 Å². The van der Waals surface area contributed by atoms with Gasteiger partial charge in [-0.05, 0) is 32.1 Å².